The predicted molar refractivity (Wildman–Crippen MR) is 75.4 cm³/mol. The van der Waals surface area contributed by atoms with Crippen LogP contribution >= 0.6 is 0 Å². The number of halogens is 1. The maximum Gasteiger partial charge on any atom is 0.127 e. The molecule has 1 aromatic rings. The molecule has 1 aliphatic heterocycles. The second-order valence-corrected chi connectivity index (χ2v) is 5.94. The molecule has 2 aliphatic rings. The molecule has 2 atom stereocenters. The molecule has 3 rings (SSSR count). The Morgan fingerprint density at radius 3 is 2.79 bits per heavy atom. The van der Waals surface area contributed by atoms with Crippen LogP contribution in [0.15, 0.2) is 24.3 Å². The minimum atomic E-state index is -0.0705. The van der Waals surface area contributed by atoms with Crippen LogP contribution in [0.25, 0.3) is 0 Å². The van der Waals surface area contributed by atoms with Gasteiger partial charge in [-0.2, -0.15) is 0 Å². The van der Waals surface area contributed by atoms with E-state index in [4.69, 9.17) is 0 Å². The molecule has 1 saturated heterocycles. The molecule has 1 aromatic carbocycles. The monoisotopic (exact) mass is 262 g/mol. The third-order valence-corrected chi connectivity index (χ3v) is 4.56. The third kappa shape index (κ3) is 2.98. The highest BCUT2D eigenvalue weighted by atomic mass is 19.1. The number of hydrogen-bond acceptors (Lipinski definition) is 2. The largest absolute Gasteiger partial charge is 0.311 e. The van der Waals surface area contributed by atoms with Crippen LogP contribution < -0.4 is 5.32 Å². The van der Waals surface area contributed by atoms with E-state index < -0.39 is 0 Å². The van der Waals surface area contributed by atoms with Crippen LogP contribution in [0, 0.1) is 11.7 Å². The Morgan fingerprint density at radius 2 is 2.11 bits per heavy atom. The number of hydrogen-bond donors (Lipinski definition) is 1. The van der Waals surface area contributed by atoms with Gasteiger partial charge in [-0.1, -0.05) is 25.1 Å². The lowest BCUT2D eigenvalue weighted by Gasteiger charge is -2.40. The first kappa shape index (κ1) is 13.1. The standard InChI is InChI=1S/C16H23FN2/c1-2-14-9-18-16(12-7-8-12)11-19(14)10-13-5-3-4-6-15(13)17/h3-6,12,14,16,18H,2,7-11H2,1H3. The molecule has 0 spiro atoms. The molecule has 1 saturated carbocycles. The fraction of sp³-hybridized carbons (Fsp3) is 0.625. The van der Waals surface area contributed by atoms with Gasteiger partial charge in [-0.25, -0.2) is 4.39 Å². The molecule has 1 N–H and O–H groups in total. The van der Waals surface area contributed by atoms with Crippen molar-refractivity contribution in [3.8, 4) is 0 Å². The summed E-state index contributed by atoms with van der Waals surface area (Å²) in [6.45, 7) is 5.08. The van der Waals surface area contributed by atoms with Gasteiger partial charge in [0.2, 0.25) is 0 Å². The summed E-state index contributed by atoms with van der Waals surface area (Å²) in [6, 6.07) is 8.33. The van der Waals surface area contributed by atoms with Crippen LogP contribution in [0.3, 0.4) is 0 Å². The Kier molecular flexibility index (Phi) is 3.85. The van der Waals surface area contributed by atoms with Crippen molar-refractivity contribution in [2.24, 2.45) is 5.92 Å². The number of rotatable bonds is 4. The van der Waals surface area contributed by atoms with Crippen molar-refractivity contribution in [3.05, 3.63) is 35.6 Å². The molecular weight excluding hydrogens is 239 g/mol. The van der Waals surface area contributed by atoms with Crippen molar-refractivity contribution in [1.29, 1.82) is 0 Å². The average molecular weight is 262 g/mol. The molecule has 2 fully saturated rings. The van der Waals surface area contributed by atoms with Crippen molar-refractivity contribution < 1.29 is 4.39 Å². The maximum absolute atomic E-state index is 13.8. The van der Waals surface area contributed by atoms with Gasteiger partial charge in [0.25, 0.3) is 0 Å². The van der Waals surface area contributed by atoms with E-state index in [-0.39, 0.29) is 5.82 Å². The first-order chi connectivity index (χ1) is 9.28. The summed E-state index contributed by atoms with van der Waals surface area (Å²) < 4.78 is 13.8. The molecule has 0 radical (unpaired) electrons. The van der Waals surface area contributed by atoms with Gasteiger partial charge >= 0.3 is 0 Å². The van der Waals surface area contributed by atoms with E-state index in [0.29, 0.717) is 12.1 Å². The molecule has 104 valence electrons. The van der Waals surface area contributed by atoms with Crippen molar-refractivity contribution in [3.63, 3.8) is 0 Å². The summed E-state index contributed by atoms with van der Waals surface area (Å²) in [5, 5.41) is 3.68. The lowest BCUT2D eigenvalue weighted by molar-refractivity contribution is 0.110. The molecule has 2 unspecified atom stereocenters. The maximum atomic E-state index is 13.8. The van der Waals surface area contributed by atoms with Crippen LogP contribution in [0.1, 0.15) is 31.7 Å². The molecule has 1 aliphatic carbocycles. The van der Waals surface area contributed by atoms with Gasteiger partial charge in [0.15, 0.2) is 0 Å². The van der Waals surface area contributed by atoms with E-state index in [2.05, 4.69) is 17.1 Å². The molecule has 1 heterocycles. The lowest BCUT2D eigenvalue weighted by Crippen LogP contribution is -2.56. The second-order valence-electron chi connectivity index (χ2n) is 5.94. The Balaban J connectivity index is 1.70. The van der Waals surface area contributed by atoms with E-state index in [9.17, 15) is 4.39 Å². The van der Waals surface area contributed by atoms with Crippen LogP contribution in [-0.4, -0.2) is 30.1 Å². The third-order valence-electron chi connectivity index (χ3n) is 4.56. The van der Waals surface area contributed by atoms with E-state index in [1.54, 1.807) is 12.1 Å². The Hall–Kier alpha value is -0.930. The fourth-order valence-corrected chi connectivity index (χ4v) is 3.14. The Morgan fingerprint density at radius 1 is 1.32 bits per heavy atom. The molecule has 0 amide bonds. The predicted octanol–water partition coefficient (Wildman–Crippen LogP) is 2.79. The van der Waals surface area contributed by atoms with Gasteiger partial charge < -0.3 is 5.32 Å². The smallest absolute Gasteiger partial charge is 0.127 e. The zero-order chi connectivity index (χ0) is 13.2. The van der Waals surface area contributed by atoms with Gasteiger partial charge in [-0.15, -0.1) is 0 Å². The van der Waals surface area contributed by atoms with Crippen LogP contribution in [0.2, 0.25) is 0 Å². The summed E-state index contributed by atoms with van der Waals surface area (Å²) >= 11 is 0. The minimum Gasteiger partial charge on any atom is -0.311 e. The average Bonchev–Trinajstić information content (AvgIpc) is 3.26. The van der Waals surface area contributed by atoms with Gasteiger partial charge in [0, 0.05) is 37.3 Å². The van der Waals surface area contributed by atoms with E-state index in [0.717, 1.165) is 37.5 Å². The fourth-order valence-electron chi connectivity index (χ4n) is 3.14. The van der Waals surface area contributed by atoms with Gasteiger partial charge in [-0.05, 0) is 31.2 Å². The molecule has 3 heteroatoms. The normalized spacial score (nSPS) is 28.5. The summed E-state index contributed by atoms with van der Waals surface area (Å²) in [5.41, 5.74) is 0.831. The molecule has 2 nitrogen and oxygen atoms in total. The zero-order valence-electron chi connectivity index (χ0n) is 11.6. The SMILES string of the molecule is CCC1CNC(C2CC2)CN1Cc1ccccc1F. The number of nitrogens with zero attached hydrogens (tertiary/aromatic N) is 1. The highest BCUT2D eigenvalue weighted by Crippen LogP contribution is 2.34. The highest BCUT2D eigenvalue weighted by molar-refractivity contribution is 5.17. The lowest BCUT2D eigenvalue weighted by atomic mass is 10.0. The van der Waals surface area contributed by atoms with Crippen molar-refractivity contribution in [1.82, 2.24) is 10.2 Å². The van der Waals surface area contributed by atoms with Gasteiger partial charge in [-0.3, -0.25) is 4.90 Å². The van der Waals surface area contributed by atoms with Gasteiger partial charge in [0.1, 0.15) is 5.82 Å². The Bertz CT molecular complexity index is 431. The van der Waals surface area contributed by atoms with Gasteiger partial charge in [0.05, 0.1) is 0 Å². The summed E-state index contributed by atoms with van der Waals surface area (Å²) in [6.07, 6.45) is 3.85. The van der Waals surface area contributed by atoms with E-state index >= 15 is 0 Å². The van der Waals surface area contributed by atoms with E-state index in [1.165, 1.54) is 12.8 Å². The zero-order valence-corrected chi connectivity index (χ0v) is 11.6. The summed E-state index contributed by atoms with van der Waals surface area (Å²) in [4.78, 5) is 2.47. The quantitative estimate of drug-likeness (QED) is 0.897. The highest BCUT2D eigenvalue weighted by Gasteiger charge is 2.36. The Labute approximate surface area is 115 Å². The summed E-state index contributed by atoms with van der Waals surface area (Å²) in [7, 11) is 0. The van der Waals surface area contributed by atoms with Crippen molar-refractivity contribution in [2.75, 3.05) is 13.1 Å². The van der Waals surface area contributed by atoms with Crippen molar-refractivity contribution >= 4 is 0 Å². The molecular formula is C16H23FN2. The number of nitrogens with one attached hydrogen (secondary N) is 1. The van der Waals surface area contributed by atoms with E-state index in [1.807, 2.05) is 12.1 Å². The first-order valence-electron chi connectivity index (χ1n) is 7.48. The van der Waals surface area contributed by atoms with Crippen molar-refractivity contribution in [2.45, 2.75) is 44.8 Å². The minimum absolute atomic E-state index is 0.0705. The molecule has 0 aromatic heterocycles. The number of piperazine rings is 1. The first-order valence-corrected chi connectivity index (χ1v) is 7.48. The second kappa shape index (κ2) is 5.59. The topological polar surface area (TPSA) is 15.3 Å². The number of benzene rings is 1. The summed E-state index contributed by atoms with van der Waals surface area (Å²) in [5.74, 6) is 0.791. The molecule has 0 bridgehead atoms. The van der Waals surface area contributed by atoms with Crippen LogP contribution in [-0.2, 0) is 6.54 Å². The van der Waals surface area contributed by atoms with Crippen LogP contribution in [0.4, 0.5) is 4.39 Å². The van der Waals surface area contributed by atoms with Crippen LogP contribution in [0.5, 0.6) is 0 Å². The molecule has 19 heavy (non-hydrogen) atoms.